The summed E-state index contributed by atoms with van der Waals surface area (Å²) in [5.41, 5.74) is 0.279. The number of rotatable bonds is 3. The molecule has 0 aromatic carbocycles. The second-order valence-electron chi connectivity index (χ2n) is 4.82. The number of aromatic nitrogens is 4. The molecule has 3 rings (SSSR count). The van der Waals surface area contributed by atoms with Crippen LogP contribution in [0.2, 0.25) is 0 Å². The van der Waals surface area contributed by atoms with E-state index in [-0.39, 0.29) is 11.5 Å². The Kier molecular flexibility index (Phi) is 3.17. The molecule has 2 aromatic rings. The highest BCUT2D eigenvalue weighted by atomic mass is 19.1. The summed E-state index contributed by atoms with van der Waals surface area (Å²) in [6.45, 7) is 1.25. The van der Waals surface area contributed by atoms with Crippen molar-refractivity contribution in [3.8, 4) is 0 Å². The van der Waals surface area contributed by atoms with E-state index in [1.165, 1.54) is 17.2 Å². The first-order valence-electron chi connectivity index (χ1n) is 6.43. The average molecular weight is 275 g/mol. The van der Waals surface area contributed by atoms with Gasteiger partial charge in [-0.15, -0.1) is 10.2 Å². The molecule has 1 aliphatic heterocycles. The summed E-state index contributed by atoms with van der Waals surface area (Å²) in [7, 11) is 1.66. The average Bonchev–Trinajstić information content (AvgIpc) is 3.03. The standard InChI is InChI=1S/C13H14FN5O/c1-18(13(20)9-4-5-15-10(14)7-9)8-12-17-16-11-3-2-6-19(11)12/h4-5,7H,2-3,6,8H2,1H3. The Hall–Kier alpha value is -2.31. The van der Waals surface area contributed by atoms with Crippen molar-refractivity contribution in [1.82, 2.24) is 24.6 Å². The highest BCUT2D eigenvalue weighted by molar-refractivity contribution is 5.93. The van der Waals surface area contributed by atoms with Crippen molar-refractivity contribution in [1.29, 1.82) is 0 Å². The number of hydrogen-bond acceptors (Lipinski definition) is 4. The Morgan fingerprint density at radius 3 is 3.15 bits per heavy atom. The van der Waals surface area contributed by atoms with Crippen LogP contribution in [0.4, 0.5) is 4.39 Å². The molecule has 20 heavy (non-hydrogen) atoms. The van der Waals surface area contributed by atoms with Gasteiger partial charge in [0, 0.05) is 37.8 Å². The van der Waals surface area contributed by atoms with Crippen LogP contribution in [0.3, 0.4) is 0 Å². The summed E-state index contributed by atoms with van der Waals surface area (Å²) in [6, 6.07) is 2.63. The van der Waals surface area contributed by atoms with Gasteiger partial charge < -0.3 is 9.47 Å². The van der Waals surface area contributed by atoms with E-state index in [0.29, 0.717) is 6.54 Å². The van der Waals surface area contributed by atoms with Gasteiger partial charge in [-0.25, -0.2) is 4.98 Å². The quantitative estimate of drug-likeness (QED) is 0.785. The van der Waals surface area contributed by atoms with Gasteiger partial charge in [0.15, 0.2) is 5.82 Å². The van der Waals surface area contributed by atoms with Gasteiger partial charge in [-0.2, -0.15) is 4.39 Å². The fraction of sp³-hybridized carbons (Fsp3) is 0.385. The van der Waals surface area contributed by atoms with Crippen molar-refractivity contribution >= 4 is 5.91 Å². The Bertz CT molecular complexity index is 654. The van der Waals surface area contributed by atoms with E-state index in [4.69, 9.17) is 0 Å². The molecule has 0 saturated heterocycles. The van der Waals surface area contributed by atoms with E-state index < -0.39 is 5.95 Å². The van der Waals surface area contributed by atoms with E-state index in [2.05, 4.69) is 15.2 Å². The van der Waals surface area contributed by atoms with Crippen molar-refractivity contribution in [3.05, 3.63) is 41.5 Å². The molecule has 104 valence electrons. The molecule has 7 heteroatoms. The number of nitrogens with zero attached hydrogens (tertiary/aromatic N) is 5. The first-order chi connectivity index (χ1) is 9.65. The number of halogens is 1. The predicted molar refractivity (Wildman–Crippen MR) is 68.3 cm³/mol. The molecule has 0 atom stereocenters. The highest BCUT2D eigenvalue weighted by Crippen LogP contribution is 2.15. The van der Waals surface area contributed by atoms with Gasteiger partial charge in [0.25, 0.3) is 5.91 Å². The van der Waals surface area contributed by atoms with E-state index in [1.54, 1.807) is 7.05 Å². The highest BCUT2D eigenvalue weighted by Gasteiger charge is 2.20. The van der Waals surface area contributed by atoms with Crippen molar-refractivity contribution in [2.45, 2.75) is 25.9 Å². The Balaban J connectivity index is 1.76. The lowest BCUT2D eigenvalue weighted by Gasteiger charge is -2.16. The molecule has 0 fully saturated rings. The topological polar surface area (TPSA) is 63.9 Å². The van der Waals surface area contributed by atoms with Gasteiger partial charge in [-0.3, -0.25) is 4.79 Å². The normalized spacial score (nSPS) is 13.3. The molecule has 2 aromatic heterocycles. The van der Waals surface area contributed by atoms with Crippen LogP contribution in [0.15, 0.2) is 18.3 Å². The van der Waals surface area contributed by atoms with Gasteiger partial charge >= 0.3 is 0 Å². The molecule has 1 aliphatic rings. The lowest BCUT2D eigenvalue weighted by atomic mass is 10.2. The van der Waals surface area contributed by atoms with Crippen LogP contribution in [0.25, 0.3) is 0 Å². The minimum Gasteiger partial charge on any atom is -0.334 e. The zero-order valence-electron chi connectivity index (χ0n) is 11.1. The molecular weight excluding hydrogens is 261 g/mol. The Morgan fingerprint density at radius 2 is 2.35 bits per heavy atom. The third-order valence-electron chi connectivity index (χ3n) is 3.38. The largest absolute Gasteiger partial charge is 0.334 e. The van der Waals surface area contributed by atoms with Gasteiger partial charge in [0.2, 0.25) is 5.95 Å². The fourth-order valence-corrected chi connectivity index (χ4v) is 2.37. The molecule has 0 spiro atoms. The van der Waals surface area contributed by atoms with Crippen LogP contribution in [-0.4, -0.2) is 37.6 Å². The second kappa shape index (κ2) is 4.99. The predicted octanol–water partition coefficient (Wildman–Crippen LogP) is 1.03. The molecule has 1 amide bonds. The third kappa shape index (κ3) is 2.26. The van der Waals surface area contributed by atoms with Crippen molar-refractivity contribution in [2.75, 3.05) is 7.05 Å². The SMILES string of the molecule is CN(Cc1nnc2n1CCC2)C(=O)c1ccnc(F)c1. The molecular formula is C13H14FN5O. The zero-order chi connectivity index (χ0) is 14.1. The van der Waals surface area contributed by atoms with Crippen LogP contribution in [0.5, 0.6) is 0 Å². The first kappa shape index (κ1) is 12.7. The van der Waals surface area contributed by atoms with Crippen LogP contribution < -0.4 is 0 Å². The van der Waals surface area contributed by atoms with Crippen molar-refractivity contribution in [3.63, 3.8) is 0 Å². The fourth-order valence-electron chi connectivity index (χ4n) is 2.37. The summed E-state index contributed by atoms with van der Waals surface area (Å²) < 4.78 is 15.1. The van der Waals surface area contributed by atoms with Gasteiger partial charge in [-0.05, 0) is 12.5 Å². The number of amides is 1. The summed E-state index contributed by atoms with van der Waals surface area (Å²) >= 11 is 0. The first-order valence-corrected chi connectivity index (χ1v) is 6.43. The minimum atomic E-state index is -0.660. The Morgan fingerprint density at radius 1 is 1.50 bits per heavy atom. The summed E-state index contributed by atoms with van der Waals surface area (Å²) in [5.74, 6) is 0.813. The van der Waals surface area contributed by atoms with Gasteiger partial charge in [0.05, 0.1) is 6.54 Å². The van der Waals surface area contributed by atoms with Gasteiger partial charge in [0.1, 0.15) is 5.82 Å². The molecule has 0 bridgehead atoms. The van der Waals surface area contributed by atoms with Crippen LogP contribution in [-0.2, 0) is 19.5 Å². The molecule has 6 nitrogen and oxygen atoms in total. The molecule has 3 heterocycles. The number of fused-ring (bicyclic) bond motifs is 1. The smallest absolute Gasteiger partial charge is 0.254 e. The van der Waals surface area contributed by atoms with E-state index in [1.807, 2.05) is 4.57 Å². The van der Waals surface area contributed by atoms with E-state index >= 15 is 0 Å². The lowest BCUT2D eigenvalue weighted by molar-refractivity contribution is 0.0779. The number of carbonyl (C=O) groups excluding carboxylic acids is 1. The molecule has 0 radical (unpaired) electrons. The summed E-state index contributed by atoms with van der Waals surface area (Å²) in [5, 5.41) is 8.21. The monoisotopic (exact) mass is 275 g/mol. The lowest BCUT2D eigenvalue weighted by Crippen LogP contribution is -2.27. The Labute approximate surface area is 115 Å². The maximum atomic E-state index is 13.0. The summed E-state index contributed by atoms with van der Waals surface area (Å²) in [4.78, 5) is 17.1. The van der Waals surface area contributed by atoms with E-state index in [0.717, 1.165) is 37.1 Å². The number of pyridine rings is 1. The minimum absolute atomic E-state index is 0.262. The van der Waals surface area contributed by atoms with E-state index in [9.17, 15) is 9.18 Å². The molecule has 0 saturated carbocycles. The number of aryl methyl sites for hydroxylation is 1. The van der Waals surface area contributed by atoms with Crippen LogP contribution in [0, 0.1) is 5.95 Å². The second-order valence-corrected chi connectivity index (χ2v) is 4.82. The van der Waals surface area contributed by atoms with Crippen LogP contribution in [0.1, 0.15) is 28.4 Å². The molecule has 0 unspecified atom stereocenters. The van der Waals surface area contributed by atoms with Gasteiger partial charge in [-0.1, -0.05) is 0 Å². The number of hydrogen-bond donors (Lipinski definition) is 0. The zero-order valence-corrected chi connectivity index (χ0v) is 11.1. The van der Waals surface area contributed by atoms with Crippen molar-refractivity contribution in [2.24, 2.45) is 0 Å². The third-order valence-corrected chi connectivity index (χ3v) is 3.38. The molecule has 0 aliphatic carbocycles. The summed E-state index contributed by atoms with van der Waals surface area (Å²) in [6.07, 6.45) is 3.27. The molecule has 0 N–H and O–H groups in total. The maximum Gasteiger partial charge on any atom is 0.254 e. The van der Waals surface area contributed by atoms with Crippen molar-refractivity contribution < 1.29 is 9.18 Å². The van der Waals surface area contributed by atoms with Crippen LogP contribution >= 0.6 is 0 Å². The maximum absolute atomic E-state index is 13.0. The number of carbonyl (C=O) groups is 1.